The highest BCUT2D eigenvalue weighted by Crippen LogP contribution is 2.48. The molecule has 0 unspecified atom stereocenters. The number of halogens is 1. The predicted octanol–water partition coefficient (Wildman–Crippen LogP) is 5.35. The van der Waals surface area contributed by atoms with E-state index in [1.807, 2.05) is 0 Å². The van der Waals surface area contributed by atoms with Crippen LogP contribution in [0.25, 0.3) is 0 Å². The summed E-state index contributed by atoms with van der Waals surface area (Å²) in [5, 5.41) is 0. The van der Waals surface area contributed by atoms with Gasteiger partial charge in [-0.3, -0.25) is 4.90 Å². The summed E-state index contributed by atoms with van der Waals surface area (Å²) in [6, 6.07) is 29.6. The van der Waals surface area contributed by atoms with Gasteiger partial charge in [-0.1, -0.05) is 78.9 Å². The molecule has 0 saturated carbocycles. The highest BCUT2D eigenvalue weighted by atomic mass is 35.5. The molecule has 2 bridgehead atoms. The minimum atomic E-state index is -0.0514. The number of fused-ring (bicyclic) bond motifs is 6. The summed E-state index contributed by atoms with van der Waals surface area (Å²) in [7, 11) is 0. The van der Waals surface area contributed by atoms with E-state index < -0.39 is 0 Å². The summed E-state index contributed by atoms with van der Waals surface area (Å²) in [5.41, 5.74) is 7.35. The predicted molar refractivity (Wildman–Crippen MR) is 110 cm³/mol. The van der Waals surface area contributed by atoms with Gasteiger partial charge in [0.1, 0.15) is 0 Å². The lowest BCUT2D eigenvalue weighted by molar-refractivity contribution is 0.0449. The third kappa shape index (κ3) is 2.50. The van der Waals surface area contributed by atoms with Crippen LogP contribution in [0.3, 0.4) is 0 Å². The molecule has 0 aromatic heterocycles. The van der Waals surface area contributed by atoms with E-state index in [1.165, 1.54) is 27.8 Å². The Morgan fingerprint density at radius 1 is 0.769 bits per heavy atom. The number of rotatable bonds is 2. The molecule has 2 aliphatic heterocycles. The zero-order valence-corrected chi connectivity index (χ0v) is 15.9. The smallest absolute Gasteiger partial charge is 0.0697 e. The number of hydrogen-bond donors (Lipinski definition) is 0. The Hall–Kier alpha value is -2.09. The molecule has 132 valence electrons. The zero-order chi connectivity index (χ0) is 16.9. The van der Waals surface area contributed by atoms with Crippen molar-refractivity contribution in [2.75, 3.05) is 0 Å². The number of nitrogens with zero attached hydrogens (tertiary/aromatic N) is 1. The van der Waals surface area contributed by atoms with Crippen molar-refractivity contribution in [3.8, 4) is 0 Å². The van der Waals surface area contributed by atoms with E-state index in [0.29, 0.717) is 6.04 Å². The van der Waals surface area contributed by atoms with Crippen molar-refractivity contribution in [3.05, 3.63) is 107 Å². The van der Waals surface area contributed by atoms with E-state index in [1.54, 1.807) is 0 Å². The van der Waals surface area contributed by atoms with Crippen LogP contribution in [0.4, 0.5) is 0 Å². The molecular formula is C24H24ClN. The Morgan fingerprint density at radius 3 is 1.85 bits per heavy atom. The molecule has 0 spiro atoms. The molecule has 2 heterocycles. The van der Waals surface area contributed by atoms with Crippen LogP contribution in [0, 0.1) is 0 Å². The van der Waals surface area contributed by atoms with Crippen molar-refractivity contribution in [1.29, 1.82) is 0 Å². The van der Waals surface area contributed by atoms with Crippen molar-refractivity contribution >= 4 is 12.4 Å². The monoisotopic (exact) mass is 361 g/mol. The van der Waals surface area contributed by atoms with Crippen molar-refractivity contribution in [1.82, 2.24) is 4.90 Å². The first-order valence-electron chi connectivity index (χ1n) is 9.24. The van der Waals surface area contributed by atoms with Gasteiger partial charge < -0.3 is 0 Å². The molecule has 0 fully saturated rings. The Morgan fingerprint density at radius 2 is 1.27 bits per heavy atom. The van der Waals surface area contributed by atoms with E-state index in [0.717, 1.165) is 19.4 Å². The molecule has 5 rings (SSSR count). The lowest BCUT2D eigenvalue weighted by atomic mass is 9.68. The van der Waals surface area contributed by atoms with Crippen molar-refractivity contribution < 1.29 is 0 Å². The maximum atomic E-state index is 2.74. The fourth-order valence-electron chi connectivity index (χ4n) is 5.03. The maximum absolute atomic E-state index is 2.74. The average molecular weight is 362 g/mol. The topological polar surface area (TPSA) is 3.24 Å². The van der Waals surface area contributed by atoms with Gasteiger partial charge in [-0.15, -0.1) is 12.4 Å². The average Bonchev–Trinajstić information content (AvgIpc) is 2.65. The second-order valence-corrected chi connectivity index (χ2v) is 7.56. The summed E-state index contributed by atoms with van der Waals surface area (Å²) in [6.07, 6.45) is 2.29. The quantitative estimate of drug-likeness (QED) is 0.594. The van der Waals surface area contributed by atoms with Gasteiger partial charge in [0.25, 0.3) is 0 Å². The molecule has 0 saturated heterocycles. The molecule has 0 atom stereocenters. The fraction of sp³-hybridized carbons (Fsp3) is 0.250. The van der Waals surface area contributed by atoms with Gasteiger partial charge in [-0.05, 0) is 47.6 Å². The first-order chi connectivity index (χ1) is 12.3. The van der Waals surface area contributed by atoms with Crippen LogP contribution in [0.15, 0.2) is 78.9 Å². The van der Waals surface area contributed by atoms with Crippen molar-refractivity contribution in [3.63, 3.8) is 0 Å². The molecule has 2 aliphatic rings. The highest BCUT2D eigenvalue weighted by Gasteiger charge is 2.48. The molecule has 3 aromatic carbocycles. The van der Waals surface area contributed by atoms with Gasteiger partial charge in [0.2, 0.25) is 0 Å². The summed E-state index contributed by atoms with van der Waals surface area (Å²) in [4.78, 5) is 2.74. The SMILES string of the molecule is CC12c3ccccc3CC(Cc3ccccc31)N2Cc1ccccc1.Cl. The van der Waals surface area contributed by atoms with E-state index in [2.05, 4.69) is 90.7 Å². The second-order valence-electron chi connectivity index (χ2n) is 7.56. The lowest BCUT2D eigenvalue weighted by Crippen LogP contribution is -2.58. The third-order valence-electron chi connectivity index (χ3n) is 6.21. The summed E-state index contributed by atoms with van der Waals surface area (Å²) in [5.74, 6) is 0. The van der Waals surface area contributed by atoms with Gasteiger partial charge in [0.15, 0.2) is 0 Å². The number of benzene rings is 3. The van der Waals surface area contributed by atoms with Crippen LogP contribution in [-0.2, 0) is 24.9 Å². The molecular weight excluding hydrogens is 338 g/mol. The van der Waals surface area contributed by atoms with Crippen LogP contribution in [0.2, 0.25) is 0 Å². The van der Waals surface area contributed by atoms with Crippen molar-refractivity contribution in [2.45, 2.75) is 37.9 Å². The molecule has 26 heavy (non-hydrogen) atoms. The zero-order valence-electron chi connectivity index (χ0n) is 15.1. The standard InChI is InChI=1S/C24H23N.ClH/c1-24-22-13-7-5-11-19(22)15-21(16-20-12-6-8-14-23(20)24)25(24)17-18-9-3-2-4-10-18;/h2-14,21H,15-17H2,1H3;1H. The van der Waals surface area contributed by atoms with Crippen LogP contribution in [0.5, 0.6) is 0 Å². The minimum absolute atomic E-state index is 0. The van der Waals surface area contributed by atoms with Crippen LogP contribution >= 0.6 is 12.4 Å². The molecule has 0 amide bonds. The summed E-state index contributed by atoms with van der Waals surface area (Å²) in [6.45, 7) is 3.43. The Bertz CT molecular complexity index is 869. The van der Waals surface area contributed by atoms with E-state index in [-0.39, 0.29) is 17.9 Å². The molecule has 1 nitrogen and oxygen atoms in total. The van der Waals surface area contributed by atoms with E-state index in [4.69, 9.17) is 0 Å². The second kappa shape index (κ2) is 6.57. The molecule has 0 aliphatic carbocycles. The Labute approximate surface area is 162 Å². The number of hydrogen-bond acceptors (Lipinski definition) is 1. The normalized spacial score (nSPS) is 23.5. The van der Waals surface area contributed by atoms with Gasteiger partial charge in [-0.2, -0.15) is 0 Å². The van der Waals surface area contributed by atoms with E-state index >= 15 is 0 Å². The van der Waals surface area contributed by atoms with Gasteiger partial charge in [0.05, 0.1) is 5.54 Å². The van der Waals surface area contributed by atoms with Crippen LogP contribution < -0.4 is 0 Å². The Kier molecular flexibility index (Phi) is 4.38. The largest absolute Gasteiger partial charge is 0.282 e. The van der Waals surface area contributed by atoms with E-state index in [9.17, 15) is 0 Å². The Balaban J connectivity index is 0.00000168. The lowest BCUT2D eigenvalue weighted by Gasteiger charge is -2.55. The minimum Gasteiger partial charge on any atom is -0.282 e. The molecule has 2 heteroatoms. The first kappa shape index (κ1) is 17.3. The maximum Gasteiger partial charge on any atom is 0.0697 e. The van der Waals surface area contributed by atoms with Gasteiger partial charge >= 0.3 is 0 Å². The van der Waals surface area contributed by atoms with Crippen LogP contribution in [-0.4, -0.2) is 10.9 Å². The highest BCUT2D eigenvalue weighted by molar-refractivity contribution is 5.85. The molecule has 3 aromatic rings. The fourth-order valence-corrected chi connectivity index (χ4v) is 5.03. The van der Waals surface area contributed by atoms with Gasteiger partial charge in [-0.25, -0.2) is 0 Å². The first-order valence-corrected chi connectivity index (χ1v) is 9.24. The molecule has 0 radical (unpaired) electrons. The molecule has 0 N–H and O–H groups in total. The van der Waals surface area contributed by atoms with Crippen molar-refractivity contribution in [2.24, 2.45) is 0 Å². The third-order valence-corrected chi connectivity index (χ3v) is 6.21. The summed E-state index contributed by atoms with van der Waals surface area (Å²) < 4.78 is 0. The van der Waals surface area contributed by atoms with Gasteiger partial charge in [0, 0.05) is 12.6 Å². The summed E-state index contributed by atoms with van der Waals surface area (Å²) >= 11 is 0. The van der Waals surface area contributed by atoms with Crippen LogP contribution in [0.1, 0.15) is 34.7 Å².